The quantitative estimate of drug-likeness (QED) is 0.441. The zero-order valence-corrected chi connectivity index (χ0v) is 18.6. The summed E-state index contributed by atoms with van der Waals surface area (Å²) < 4.78 is 99.3. The second kappa shape index (κ2) is 10.1. The van der Waals surface area contributed by atoms with E-state index in [0.29, 0.717) is 42.9 Å². The van der Waals surface area contributed by atoms with Gasteiger partial charge in [-0.25, -0.2) is 14.3 Å². The van der Waals surface area contributed by atoms with Gasteiger partial charge < -0.3 is 4.74 Å². The zero-order chi connectivity index (χ0) is 26.1. The Morgan fingerprint density at radius 2 is 1.72 bits per heavy atom. The monoisotopic (exact) mass is 518 g/mol. The van der Waals surface area contributed by atoms with E-state index in [1.54, 1.807) is 6.07 Å². The molecule has 0 aliphatic carbocycles. The molecule has 4 rings (SSSR count). The molecule has 13 heteroatoms. The van der Waals surface area contributed by atoms with Crippen LogP contribution < -0.4 is 5.69 Å². The molecule has 2 atom stereocenters. The number of aromatic nitrogens is 3. The van der Waals surface area contributed by atoms with Crippen LogP contribution in [0.5, 0.6) is 0 Å². The number of hydrogen-bond donors (Lipinski definition) is 2. The first-order valence-electron chi connectivity index (χ1n) is 10.9. The first kappa shape index (κ1) is 25.9. The van der Waals surface area contributed by atoms with Gasteiger partial charge in [-0.3, -0.25) is 9.88 Å². The van der Waals surface area contributed by atoms with Crippen molar-refractivity contribution >= 4 is 0 Å². The Balaban J connectivity index is 1.62. The number of alkyl halides is 6. The highest BCUT2D eigenvalue weighted by atomic mass is 19.4. The highest BCUT2D eigenvalue weighted by Crippen LogP contribution is 2.38. The molecule has 1 aromatic heterocycles. The summed E-state index contributed by atoms with van der Waals surface area (Å²) in [5, 5.41) is 6.13. The molecule has 0 radical (unpaired) electrons. The summed E-state index contributed by atoms with van der Waals surface area (Å²) in [5.41, 5.74) is -3.14. The molecule has 0 bridgehead atoms. The fraction of sp³-hybridized carbons (Fsp3) is 0.391. The summed E-state index contributed by atoms with van der Waals surface area (Å²) in [6.45, 7) is 0.149. The molecule has 1 aliphatic heterocycles. The topological polar surface area (TPSA) is 74.0 Å². The lowest BCUT2D eigenvalue weighted by atomic mass is 9.92. The lowest BCUT2D eigenvalue weighted by Crippen LogP contribution is -2.42. The predicted molar refractivity (Wildman–Crippen MR) is 113 cm³/mol. The molecule has 0 unspecified atom stereocenters. The summed E-state index contributed by atoms with van der Waals surface area (Å²) in [6, 6.07) is 6.41. The Bertz CT molecular complexity index is 1220. The fourth-order valence-electron chi connectivity index (χ4n) is 4.37. The summed E-state index contributed by atoms with van der Waals surface area (Å²) in [7, 11) is 0. The third-order valence-corrected chi connectivity index (χ3v) is 5.88. The first-order chi connectivity index (χ1) is 16.9. The minimum Gasteiger partial charge on any atom is -0.372 e. The van der Waals surface area contributed by atoms with Crippen LogP contribution in [0.25, 0.3) is 0 Å². The molecule has 6 nitrogen and oxygen atoms in total. The molecule has 1 aliphatic rings. The third-order valence-electron chi connectivity index (χ3n) is 5.88. The number of benzene rings is 2. The Hall–Kier alpha value is -3.19. The van der Waals surface area contributed by atoms with Crippen molar-refractivity contribution in [3.8, 4) is 0 Å². The third kappa shape index (κ3) is 6.13. The molecule has 2 N–H and O–H groups in total. The number of likely N-dealkylation sites (tertiary alicyclic amines) is 1. The van der Waals surface area contributed by atoms with Gasteiger partial charge in [-0.2, -0.15) is 31.4 Å². The van der Waals surface area contributed by atoms with Gasteiger partial charge in [-0.1, -0.05) is 12.1 Å². The minimum absolute atomic E-state index is 0.0616. The van der Waals surface area contributed by atoms with E-state index in [1.807, 2.05) is 4.90 Å². The molecule has 1 fully saturated rings. The number of H-pyrrole nitrogens is 2. The van der Waals surface area contributed by atoms with Gasteiger partial charge in [0.05, 0.1) is 36.4 Å². The Labute approximate surface area is 200 Å². The lowest BCUT2D eigenvalue weighted by molar-refractivity contribution is -0.143. The van der Waals surface area contributed by atoms with Crippen LogP contribution >= 0.6 is 0 Å². The van der Waals surface area contributed by atoms with Crippen molar-refractivity contribution in [2.75, 3.05) is 6.54 Å². The minimum atomic E-state index is -4.97. The number of hydrogen-bond acceptors (Lipinski definition) is 4. The van der Waals surface area contributed by atoms with Crippen molar-refractivity contribution in [2.24, 2.45) is 0 Å². The van der Waals surface area contributed by atoms with Crippen molar-refractivity contribution in [3.63, 3.8) is 0 Å². The van der Waals surface area contributed by atoms with Gasteiger partial charge in [0.25, 0.3) is 0 Å². The van der Waals surface area contributed by atoms with Gasteiger partial charge in [0.15, 0.2) is 0 Å². The number of nitrogens with zero attached hydrogens (tertiary/aromatic N) is 2. The summed E-state index contributed by atoms with van der Waals surface area (Å²) >= 11 is 0. The van der Waals surface area contributed by atoms with Crippen LogP contribution in [-0.4, -0.2) is 32.7 Å². The van der Waals surface area contributed by atoms with Crippen LogP contribution in [0.4, 0.5) is 30.7 Å². The van der Waals surface area contributed by atoms with Crippen molar-refractivity contribution in [1.29, 1.82) is 0 Å². The van der Waals surface area contributed by atoms with Gasteiger partial charge in [0.2, 0.25) is 0 Å². The predicted octanol–water partition coefficient (Wildman–Crippen LogP) is 5.20. The summed E-state index contributed by atoms with van der Waals surface area (Å²) in [4.78, 5) is 15.8. The summed E-state index contributed by atoms with van der Waals surface area (Å²) in [6.07, 6.45) is -9.61. The van der Waals surface area contributed by atoms with Crippen molar-refractivity contribution in [2.45, 2.75) is 50.5 Å². The highest BCUT2D eigenvalue weighted by molar-refractivity contribution is 5.33. The van der Waals surface area contributed by atoms with Crippen molar-refractivity contribution < 1.29 is 35.5 Å². The molecule has 0 spiro atoms. The largest absolute Gasteiger partial charge is 0.416 e. The maximum absolute atomic E-state index is 14.0. The molecule has 194 valence electrons. The number of rotatable bonds is 6. The maximum atomic E-state index is 14.0. The van der Waals surface area contributed by atoms with Crippen molar-refractivity contribution in [1.82, 2.24) is 20.1 Å². The molecule has 2 aromatic carbocycles. The molecule has 36 heavy (non-hydrogen) atoms. The van der Waals surface area contributed by atoms with Crippen LogP contribution in [0, 0.1) is 5.82 Å². The molecule has 2 heterocycles. The molecule has 1 saturated heterocycles. The van der Waals surface area contributed by atoms with Crippen molar-refractivity contribution in [3.05, 3.63) is 86.8 Å². The van der Waals surface area contributed by atoms with Crippen LogP contribution in [-0.2, 0) is 30.2 Å². The van der Waals surface area contributed by atoms with Gasteiger partial charge in [0.1, 0.15) is 11.6 Å². The van der Waals surface area contributed by atoms with Gasteiger partial charge in [-0.15, -0.1) is 0 Å². The molecule has 0 amide bonds. The maximum Gasteiger partial charge on any atom is 0.416 e. The van der Waals surface area contributed by atoms with E-state index in [2.05, 4.69) is 15.2 Å². The summed E-state index contributed by atoms with van der Waals surface area (Å²) in [5.74, 6) is -0.201. The van der Waals surface area contributed by atoms with Crippen LogP contribution in [0.3, 0.4) is 0 Å². The normalized spacial score (nSPS) is 19.5. The van der Waals surface area contributed by atoms with E-state index in [4.69, 9.17) is 4.74 Å². The van der Waals surface area contributed by atoms with Gasteiger partial charge in [0, 0.05) is 0 Å². The van der Waals surface area contributed by atoms with Crippen LogP contribution in [0.2, 0.25) is 0 Å². The first-order valence-corrected chi connectivity index (χ1v) is 10.9. The Kier molecular flexibility index (Phi) is 7.23. The average Bonchev–Trinajstić information content (AvgIpc) is 3.21. The smallest absolute Gasteiger partial charge is 0.372 e. The van der Waals surface area contributed by atoms with E-state index in [-0.39, 0.29) is 18.2 Å². The van der Waals surface area contributed by atoms with Crippen LogP contribution in [0.1, 0.15) is 47.0 Å². The second-order valence-corrected chi connectivity index (χ2v) is 8.50. The van der Waals surface area contributed by atoms with E-state index < -0.39 is 53.7 Å². The second-order valence-electron chi connectivity index (χ2n) is 8.50. The van der Waals surface area contributed by atoms with E-state index >= 15 is 0 Å². The van der Waals surface area contributed by atoms with E-state index in [9.17, 15) is 35.5 Å². The fourth-order valence-corrected chi connectivity index (χ4v) is 4.37. The highest BCUT2D eigenvalue weighted by Gasteiger charge is 2.38. The zero-order valence-electron chi connectivity index (χ0n) is 18.6. The average molecular weight is 518 g/mol. The molecule has 0 saturated carbocycles. The number of ether oxygens (including phenoxy) is 1. The lowest BCUT2D eigenvalue weighted by Gasteiger charge is -2.41. The number of nitrogens with one attached hydrogen (secondary N) is 2. The number of halogens is 7. The van der Waals surface area contributed by atoms with E-state index in [1.165, 1.54) is 18.2 Å². The number of piperidine rings is 1. The SMILES string of the molecule is O=c1[nH]nc(CN2CCC[C@H](OCc3cc(C(F)(F)F)cc(C(F)(F)F)c3)[C@@H]2c2cccc(F)c2)[nH]1. The van der Waals surface area contributed by atoms with Gasteiger partial charge >= 0.3 is 18.0 Å². The van der Waals surface area contributed by atoms with E-state index in [0.717, 1.165) is 0 Å². The standard InChI is InChI=1S/C23H21F7N4O2/c24-17-4-1-3-14(9-17)20-18(5-2-6-34(20)11-19-31-21(35)33-32-19)36-12-13-7-15(22(25,26)27)10-16(8-13)23(28,29)30/h1,3-4,7-10,18,20H,2,5-6,11-12H2,(H2,31,32,33,35)/t18-,20-/m0/s1. The molecular formula is C23H21F7N4O2. The Morgan fingerprint density at radius 3 is 2.31 bits per heavy atom. The number of aromatic amines is 2. The molecule has 3 aromatic rings. The molecular weight excluding hydrogens is 497 g/mol. The van der Waals surface area contributed by atoms with Gasteiger partial charge in [-0.05, 0) is 60.8 Å². The van der Waals surface area contributed by atoms with Crippen LogP contribution in [0.15, 0.2) is 47.3 Å². The Morgan fingerprint density at radius 1 is 1.03 bits per heavy atom.